The fourth-order valence-electron chi connectivity index (χ4n) is 2.79. The molecule has 0 aromatic heterocycles. The molecule has 0 aliphatic heterocycles. The van der Waals surface area contributed by atoms with Gasteiger partial charge in [0.25, 0.3) is 0 Å². The molecule has 0 aliphatic rings. The quantitative estimate of drug-likeness (QED) is 0.523. The van der Waals surface area contributed by atoms with Gasteiger partial charge in [0, 0.05) is 19.6 Å². The highest BCUT2D eigenvalue weighted by molar-refractivity contribution is 5.46. The van der Waals surface area contributed by atoms with Gasteiger partial charge in [-0.05, 0) is 49.5 Å². The van der Waals surface area contributed by atoms with Gasteiger partial charge < -0.3 is 10.1 Å². The molecule has 26 heavy (non-hydrogen) atoms. The van der Waals surface area contributed by atoms with E-state index in [0.29, 0.717) is 19.5 Å². The highest BCUT2D eigenvalue weighted by Crippen LogP contribution is 2.13. The van der Waals surface area contributed by atoms with Crippen LogP contribution >= 0.6 is 0 Å². The molecule has 0 radical (unpaired) electrons. The Morgan fingerprint density at radius 1 is 1.04 bits per heavy atom. The second-order valence-electron chi connectivity index (χ2n) is 6.39. The number of halogens is 1. The molecule has 0 fully saturated rings. The van der Waals surface area contributed by atoms with Gasteiger partial charge in [-0.25, -0.2) is 4.39 Å². The van der Waals surface area contributed by atoms with Crippen molar-refractivity contribution in [1.82, 2.24) is 15.1 Å². The number of ether oxygens (including phenoxy) is 1. The van der Waals surface area contributed by atoms with E-state index in [-0.39, 0.29) is 12.0 Å². The largest absolute Gasteiger partial charge is 0.497 e. The summed E-state index contributed by atoms with van der Waals surface area (Å²) in [6, 6.07) is 14.3. The molecule has 1 amide bonds. The fourth-order valence-corrected chi connectivity index (χ4v) is 2.79. The van der Waals surface area contributed by atoms with Crippen molar-refractivity contribution in [1.29, 1.82) is 0 Å². The average molecular weight is 359 g/mol. The van der Waals surface area contributed by atoms with Crippen LogP contribution in [-0.4, -0.2) is 50.1 Å². The first-order valence-corrected chi connectivity index (χ1v) is 8.47. The van der Waals surface area contributed by atoms with Gasteiger partial charge in [0.2, 0.25) is 6.41 Å². The number of hydrogen-bond acceptors (Lipinski definition) is 4. The summed E-state index contributed by atoms with van der Waals surface area (Å²) in [4.78, 5) is 15.2. The van der Waals surface area contributed by atoms with Crippen molar-refractivity contribution in [2.75, 3.05) is 27.7 Å². The van der Waals surface area contributed by atoms with E-state index in [1.165, 1.54) is 17.7 Å². The van der Waals surface area contributed by atoms with Crippen LogP contribution < -0.4 is 10.1 Å². The van der Waals surface area contributed by atoms with Gasteiger partial charge in [0.15, 0.2) is 0 Å². The van der Waals surface area contributed by atoms with Crippen molar-refractivity contribution in [2.24, 2.45) is 0 Å². The third kappa shape index (κ3) is 6.13. The molecular weight excluding hydrogens is 333 g/mol. The highest BCUT2D eigenvalue weighted by Gasteiger charge is 2.16. The van der Waals surface area contributed by atoms with Crippen molar-refractivity contribution >= 4 is 6.41 Å². The molecule has 2 aromatic rings. The third-order valence-electron chi connectivity index (χ3n) is 4.23. The van der Waals surface area contributed by atoms with E-state index < -0.39 is 0 Å². The van der Waals surface area contributed by atoms with Crippen molar-refractivity contribution in [3.63, 3.8) is 0 Å². The summed E-state index contributed by atoms with van der Waals surface area (Å²) in [5.41, 5.74) is 2.16. The zero-order valence-electron chi connectivity index (χ0n) is 15.5. The molecule has 2 aromatic carbocycles. The van der Waals surface area contributed by atoms with Gasteiger partial charge in [-0.3, -0.25) is 14.6 Å². The van der Waals surface area contributed by atoms with Gasteiger partial charge in [-0.15, -0.1) is 0 Å². The maximum absolute atomic E-state index is 13.0. The predicted molar refractivity (Wildman–Crippen MR) is 100 cm³/mol. The molecule has 1 atom stereocenters. The maximum atomic E-state index is 13.0. The number of nitrogens with zero attached hydrogens (tertiary/aromatic N) is 2. The van der Waals surface area contributed by atoms with Crippen LogP contribution in [0, 0.1) is 5.82 Å². The molecule has 1 N–H and O–H groups in total. The summed E-state index contributed by atoms with van der Waals surface area (Å²) in [7, 11) is 5.59. The smallest absolute Gasteiger partial charge is 0.208 e. The van der Waals surface area contributed by atoms with Crippen molar-refractivity contribution in [3.8, 4) is 5.75 Å². The van der Waals surface area contributed by atoms with E-state index >= 15 is 0 Å². The Balaban J connectivity index is 1.94. The van der Waals surface area contributed by atoms with Crippen LogP contribution in [0.5, 0.6) is 5.75 Å². The summed E-state index contributed by atoms with van der Waals surface area (Å²) in [5, 5.41) is 2.86. The van der Waals surface area contributed by atoms with E-state index in [9.17, 15) is 9.18 Å². The Bertz CT molecular complexity index is 676. The minimum absolute atomic E-state index is 0.152. The standard InChI is InChI=1S/C20H26FN3O2/c1-23(12-16-6-10-19(26-3)11-7-16)14-20(22-15-25)24(2)13-17-4-8-18(21)9-5-17/h4-11,15,20H,12-14H2,1-3H3,(H,22,25). The molecule has 0 heterocycles. The Morgan fingerprint density at radius 2 is 1.62 bits per heavy atom. The predicted octanol–water partition coefficient (Wildman–Crippen LogP) is 2.47. The van der Waals surface area contributed by atoms with E-state index in [2.05, 4.69) is 10.2 Å². The number of benzene rings is 2. The number of carbonyl (C=O) groups excluding carboxylic acids is 1. The minimum atomic E-state index is -0.252. The molecule has 1 unspecified atom stereocenters. The lowest BCUT2D eigenvalue weighted by Gasteiger charge is -2.31. The molecule has 0 aliphatic carbocycles. The Morgan fingerprint density at radius 3 is 2.19 bits per heavy atom. The molecule has 6 heteroatoms. The number of carbonyl (C=O) groups is 1. The lowest BCUT2D eigenvalue weighted by atomic mass is 10.2. The Kier molecular flexibility index (Phi) is 7.56. The normalized spacial score (nSPS) is 12.2. The molecule has 0 spiro atoms. The topological polar surface area (TPSA) is 44.8 Å². The number of methoxy groups -OCH3 is 1. The third-order valence-corrected chi connectivity index (χ3v) is 4.23. The summed E-state index contributed by atoms with van der Waals surface area (Å²) in [6.07, 6.45) is 0.563. The van der Waals surface area contributed by atoms with E-state index in [4.69, 9.17) is 4.74 Å². The minimum Gasteiger partial charge on any atom is -0.497 e. The monoisotopic (exact) mass is 359 g/mol. The Labute approximate surface area is 154 Å². The summed E-state index contributed by atoms with van der Waals surface area (Å²) >= 11 is 0. The number of nitrogens with one attached hydrogen (secondary N) is 1. The van der Waals surface area contributed by atoms with Crippen LogP contribution in [-0.2, 0) is 17.9 Å². The van der Waals surface area contributed by atoms with Crippen molar-refractivity contribution in [3.05, 3.63) is 65.5 Å². The van der Waals surface area contributed by atoms with Crippen LogP contribution in [0.15, 0.2) is 48.5 Å². The summed E-state index contributed by atoms with van der Waals surface area (Å²) in [5.74, 6) is 0.578. The lowest BCUT2D eigenvalue weighted by molar-refractivity contribution is -0.111. The van der Waals surface area contributed by atoms with Gasteiger partial charge in [-0.2, -0.15) is 0 Å². The average Bonchev–Trinajstić information content (AvgIpc) is 2.64. The van der Waals surface area contributed by atoms with Crippen molar-refractivity contribution in [2.45, 2.75) is 19.3 Å². The van der Waals surface area contributed by atoms with Crippen LogP contribution in [0.2, 0.25) is 0 Å². The van der Waals surface area contributed by atoms with Crippen LogP contribution in [0.3, 0.4) is 0 Å². The Hall–Kier alpha value is -2.44. The second-order valence-corrected chi connectivity index (χ2v) is 6.39. The molecule has 0 saturated carbocycles. The van der Waals surface area contributed by atoms with Crippen LogP contribution in [0.25, 0.3) is 0 Å². The van der Waals surface area contributed by atoms with E-state index in [1.54, 1.807) is 19.2 Å². The van der Waals surface area contributed by atoms with Crippen LogP contribution in [0.4, 0.5) is 4.39 Å². The highest BCUT2D eigenvalue weighted by atomic mass is 19.1. The van der Waals surface area contributed by atoms with Crippen molar-refractivity contribution < 1.29 is 13.9 Å². The lowest BCUT2D eigenvalue weighted by Crippen LogP contribution is -2.49. The molecule has 2 rings (SSSR count). The van der Waals surface area contributed by atoms with Gasteiger partial charge in [0.05, 0.1) is 13.3 Å². The van der Waals surface area contributed by atoms with Gasteiger partial charge in [0.1, 0.15) is 11.6 Å². The first-order valence-electron chi connectivity index (χ1n) is 8.47. The van der Waals surface area contributed by atoms with Gasteiger partial charge >= 0.3 is 0 Å². The first kappa shape index (κ1) is 19.9. The van der Waals surface area contributed by atoms with E-state index in [1.807, 2.05) is 43.3 Å². The van der Waals surface area contributed by atoms with Gasteiger partial charge in [-0.1, -0.05) is 24.3 Å². The molecule has 0 bridgehead atoms. The molecule has 5 nitrogen and oxygen atoms in total. The first-order chi connectivity index (χ1) is 12.5. The SMILES string of the molecule is COc1ccc(CN(C)CC(NC=O)N(C)Cc2ccc(F)cc2)cc1. The second kappa shape index (κ2) is 9.89. The molecular formula is C20H26FN3O2. The number of likely N-dealkylation sites (N-methyl/N-ethyl adjacent to an activating group) is 2. The summed E-state index contributed by atoms with van der Waals surface area (Å²) in [6.45, 7) is 2.02. The fraction of sp³-hybridized carbons (Fsp3) is 0.350. The zero-order chi connectivity index (χ0) is 18.9. The molecule has 140 valence electrons. The number of amides is 1. The van der Waals surface area contributed by atoms with Crippen LogP contribution in [0.1, 0.15) is 11.1 Å². The zero-order valence-corrected chi connectivity index (χ0v) is 15.5. The maximum Gasteiger partial charge on any atom is 0.208 e. The number of hydrogen-bond donors (Lipinski definition) is 1. The number of rotatable bonds is 10. The summed E-state index contributed by atoms with van der Waals surface area (Å²) < 4.78 is 18.2. The molecule has 0 saturated heterocycles. The van der Waals surface area contributed by atoms with E-state index in [0.717, 1.165) is 17.9 Å².